The predicted molar refractivity (Wildman–Crippen MR) is 214 cm³/mol. The zero-order valence-corrected chi connectivity index (χ0v) is 32.7. The number of anilines is 1. The molecule has 6 aromatic rings. The highest BCUT2D eigenvalue weighted by Gasteiger charge is 2.43. The number of nitrogens with zero attached hydrogens (tertiary/aromatic N) is 2. The molecule has 3 N–H and O–H groups in total. The van der Waals surface area contributed by atoms with Gasteiger partial charge in [-0.15, -0.1) is 0 Å². The van der Waals surface area contributed by atoms with Gasteiger partial charge < -0.3 is 24.6 Å². The van der Waals surface area contributed by atoms with Crippen molar-refractivity contribution in [2.75, 3.05) is 18.5 Å². The number of hydrogen-bond acceptors (Lipinski definition) is 6. The number of H-pyrrole nitrogens is 1. The van der Waals surface area contributed by atoms with Gasteiger partial charge in [0.2, 0.25) is 0 Å². The van der Waals surface area contributed by atoms with Crippen LogP contribution in [-0.4, -0.2) is 48.9 Å². The lowest BCUT2D eigenvalue weighted by molar-refractivity contribution is 0.0780. The van der Waals surface area contributed by atoms with Crippen LogP contribution >= 0.6 is 0 Å². The highest BCUT2D eigenvalue weighted by molar-refractivity contribution is 6.32. The van der Waals surface area contributed by atoms with Crippen LogP contribution in [0.2, 0.25) is 5.04 Å². The fourth-order valence-electron chi connectivity index (χ4n) is 6.97. The summed E-state index contributed by atoms with van der Waals surface area (Å²) in [6, 6.07) is 32.0. The molecule has 0 saturated carbocycles. The summed E-state index contributed by atoms with van der Waals surface area (Å²) >= 11 is 0. The molecule has 0 bridgehead atoms. The van der Waals surface area contributed by atoms with Crippen molar-refractivity contribution in [3.8, 4) is 11.3 Å². The number of hydrogen-bond donors (Lipinski definition) is 3. The Labute approximate surface area is 317 Å². The number of aromatic nitrogens is 3. The van der Waals surface area contributed by atoms with Crippen molar-refractivity contribution < 1.29 is 23.5 Å². The quantitative estimate of drug-likeness (QED) is 0.0959. The monoisotopic (exact) mass is 740 g/mol. The molecule has 0 saturated heterocycles. The van der Waals surface area contributed by atoms with E-state index in [0.29, 0.717) is 41.4 Å². The van der Waals surface area contributed by atoms with Crippen LogP contribution in [0.3, 0.4) is 0 Å². The first-order valence-corrected chi connectivity index (χ1v) is 19.5. The van der Waals surface area contributed by atoms with Gasteiger partial charge in [0.05, 0.1) is 30.1 Å². The van der Waals surface area contributed by atoms with Gasteiger partial charge in [-0.2, -0.15) is 0 Å². The number of rotatable bonds is 10. The molecular weight excluding hydrogens is 696 g/mol. The highest BCUT2D eigenvalue weighted by Crippen LogP contribution is 2.49. The number of benzene rings is 4. The molecule has 1 aliphatic rings. The van der Waals surface area contributed by atoms with E-state index in [9.17, 15) is 9.90 Å². The van der Waals surface area contributed by atoms with Crippen LogP contribution in [0.1, 0.15) is 79.3 Å². The molecular formula is C44H45FN4O4Si. The van der Waals surface area contributed by atoms with Gasteiger partial charge in [-0.3, -0.25) is 4.79 Å². The van der Waals surface area contributed by atoms with Crippen LogP contribution < -0.4 is 5.32 Å². The maximum Gasteiger partial charge on any atom is 0.258 e. The van der Waals surface area contributed by atoms with E-state index in [0.717, 1.165) is 39.8 Å². The van der Waals surface area contributed by atoms with Gasteiger partial charge in [-0.25, -0.2) is 14.4 Å². The molecule has 4 aromatic carbocycles. The van der Waals surface area contributed by atoms with Crippen LogP contribution in [-0.2, 0) is 20.4 Å². The Morgan fingerprint density at radius 2 is 1.59 bits per heavy atom. The number of fused-ring (bicyclic) bond motifs is 1. The van der Waals surface area contributed by atoms with E-state index >= 15 is 4.39 Å². The Morgan fingerprint density at radius 1 is 0.889 bits per heavy atom. The Balaban J connectivity index is 1.52. The molecule has 0 fully saturated rings. The lowest BCUT2D eigenvalue weighted by atomic mass is 9.76. The Hall–Kier alpha value is -5.26. The second-order valence-electron chi connectivity index (χ2n) is 15.4. The lowest BCUT2D eigenvalue weighted by Gasteiger charge is -2.40. The molecule has 0 spiro atoms. The number of aromatic amines is 1. The summed E-state index contributed by atoms with van der Waals surface area (Å²) in [4.78, 5) is 27.3. The highest BCUT2D eigenvalue weighted by atomic mass is 28.2. The zero-order valence-electron chi connectivity index (χ0n) is 31.2. The molecule has 54 heavy (non-hydrogen) atoms. The second kappa shape index (κ2) is 14.9. The molecule has 7 rings (SSSR count). The van der Waals surface area contributed by atoms with Gasteiger partial charge in [0.15, 0.2) is 9.76 Å². The summed E-state index contributed by atoms with van der Waals surface area (Å²) in [5.74, 6) is -1.38. The molecule has 0 radical (unpaired) electrons. The SMILES string of the molecule is CC(C)(C)[SiH2]OC(c1ccccc1)(c1ccccc1)c1c(NC(=O)c2ccc(C(C)(C)O)cc2F)cccc1-c1ncnc2[nH]c(C3=CCOCC3)cc12. The number of ether oxygens (including phenoxy) is 1. The summed E-state index contributed by atoms with van der Waals surface area (Å²) in [6.07, 6.45) is 4.39. The number of halogens is 1. The predicted octanol–water partition coefficient (Wildman–Crippen LogP) is 8.66. The molecule has 1 amide bonds. The smallest absolute Gasteiger partial charge is 0.258 e. The van der Waals surface area contributed by atoms with E-state index in [1.165, 1.54) is 12.1 Å². The largest absolute Gasteiger partial charge is 0.406 e. The summed E-state index contributed by atoms with van der Waals surface area (Å²) in [5.41, 5.74) is 4.66. The van der Waals surface area contributed by atoms with Gasteiger partial charge in [0.1, 0.15) is 23.4 Å². The standard InChI is InChI=1S/C44H45FN4O4Si/c1-42(2,3)54-53-44(29-13-8-6-9-14-29,30-15-10-7-11-16-30)38-33(39-34-26-37(28-21-23-52-24-22-28)48-40(34)47-27-46-39)17-12-18-36(38)49-41(50)32-20-19-31(25-35(32)45)43(4,5)51/h6-21,25-27,51H,22-24,54H2,1-5H3,(H,49,50)(H,46,47,48). The third-order valence-corrected chi connectivity index (χ3v) is 11.1. The fraction of sp³-hybridized carbons (Fsp3) is 0.250. The molecule has 0 aliphatic carbocycles. The minimum Gasteiger partial charge on any atom is -0.406 e. The zero-order chi connectivity index (χ0) is 38.1. The summed E-state index contributed by atoms with van der Waals surface area (Å²) in [7, 11) is -1.31. The first kappa shape index (κ1) is 37.1. The van der Waals surface area contributed by atoms with Gasteiger partial charge >= 0.3 is 0 Å². The van der Waals surface area contributed by atoms with E-state index in [2.05, 4.69) is 48.2 Å². The average molecular weight is 741 g/mol. The minimum atomic E-state index is -1.31. The van der Waals surface area contributed by atoms with Crippen molar-refractivity contribution in [3.63, 3.8) is 0 Å². The van der Waals surface area contributed by atoms with Crippen molar-refractivity contribution in [1.29, 1.82) is 0 Å². The van der Waals surface area contributed by atoms with Crippen LogP contribution in [0.4, 0.5) is 10.1 Å². The van der Waals surface area contributed by atoms with Crippen molar-refractivity contribution in [3.05, 3.63) is 155 Å². The number of nitrogens with one attached hydrogen (secondary N) is 2. The van der Waals surface area contributed by atoms with Gasteiger partial charge in [-0.05, 0) is 71.8 Å². The van der Waals surface area contributed by atoms with Crippen LogP contribution in [0.5, 0.6) is 0 Å². The Kier molecular flexibility index (Phi) is 10.2. The van der Waals surface area contributed by atoms with Crippen LogP contribution in [0.25, 0.3) is 27.9 Å². The number of carbonyl (C=O) groups excluding carboxylic acids is 1. The number of carbonyl (C=O) groups is 1. The van der Waals surface area contributed by atoms with E-state index < -0.39 is 32.7 Å². The first-order valence-electron chi connectivity index (χ1n) is 18.2. The van der Waals surface area contributed by atoms with E-state index in [-0.39, 0.29) is 10.6 Å². The topological polar surface area (TPSA) is 109 Å². The Morgan fingerprint density at radius 3 is 2.20 bits per heavy atom. The van der Waals surface area contributed by atoms with Crippen molar-refractivity contribution in [1.82, 2.24) is 15.0 Å². The van der Waals surface area contributed by atoms with E-state index in [4.69, 9.17) is 14.1 Å². The van der Waals surface area contributed by atoms with E-state index in [1.807, 2.05) is 78.9 Å². The van der Waals surface area contributed by atoms with Crippen molar-refractivity contribution >= 4 is 38.0 Å². The first-order chi connectivity index (χ1) is 25.8. The molecule has 3 heterocycles. The molecule has 0 unspecified atom stereocenters. The second-order valence-corrected chi connectivity index (χ2v) is 18.1. The molecule has 276 valence electrons. The summed E-state index contributed by atoms with van der Waals surface area (Å²) < 4.78 is 28.7. The van der Waals surface area contributed by atoms with Crippen LogP contribution in [0, 0.1) is 5.82 Å². The average Bonchev–Trinajstić information content (AvgIpc) is 3.61. The molecule has 0 atom stereocenters. The summed E-state index contributed by atoms with van der Waals surface area (Å²) in [5, 5.41) is 14.3. The Bertz CT molecular complexity index is 2290. The normalized spacial score (nSPS) is 14.1. The maximum atomic E-state index is 15.7. The number of aliphatic hydroxyl groups is 1. The lowest BCUT2D eigenvalue weighted by Crippen LogP contribution is -2.38. The van der Waals surface area contributed by atoms with Crippen molar-refractivity contribution in [2.45, 2.75) is 57.3 Å². The number of amides is 1. The van der Waals surface area contributed by atoms with Gasteiger partial charge in [-0.1, -0.05) is 106 Å². The summed E-state index contributed by atoms with van der Waals surface area (Å²) in [6.45, 7) is 10.9. The molecule has 8 nitrogen and oxygen atoms in total. The third kappa shape index (κ3) is 7.43. The fourth-order valence-corrected chi connectivity index (χ4v) is 8.09. The molecule has 1 aliphatic heterocycles. The maximum absolute atomic E-state index is 15.7. The van der Waals surface area contributed by atoms with Crippen molar-refractivity contribution in [2.24, 2.45) is 0 Å². The third-order valence-electron chi connectivity index (χ3n) is 9.66. The van der Waals surface area contributed by atoms with Crippen LogP contribution in [0.15, 0.2) is 116 Å². The van der Waals surface area contributed by atoms with Gasteiger partial charge in [0, 0.05) is 27.9 Å². The minimum absolute atomic E-state index is 0.117. The molecule has 10 heteroatoms. The van der Waals surface area contributed by atoms with Gasteiger partial charge in [0.25, 0.3) is 5.91 Å². The molecule has 2 aromatic heterocycles. The van der Waals surface area contributed by atoms with E-state index in [1.54, 1.807) is 26.2 Å².